The van der Waals surface area contributed by atoms with E-state index in [1.807, 2.05) is 0 Å². The summed E-state index contributed by atoms with van der Waals surface area (Å²) >= 11 is 0. The summed E-state index contributed by atoms with van der Waals surface area (Å²) < 4.78 is 9.90. The Morgan fingerprint density at radius 2 is 1.72 bits per heavy atom. The molecule has 3 N–H and O–H groups in total. The van der Waals surface area contributed by atoms with E-state index in [1.54, 1.807) is 12.1 Å². The highest BCUT2D eigenvalue weighted by atomic mass is 16.6. The van der Waals surface area contributed by atoms with Crippen molar-refractivity contribution in [3.05, 3.63) is 70.7 Å². The van der Waals surface area contributed by atoms with Crippen LogP contribution in [0.1, 0.15) is 24.2 Å². The number of amides is 1. The summed E-state index contributed by atoms with van der Waals surface area (Å²) in [5.74, 6) is -2.54. The molecule has 186 valence electrons. The molecule has 0 spiro atoms. The number of carbonyl (C=O) groups is 4. The number of aromatic nitrogens is 2. The second kappa shape index (κ2) is 11.5. The van der Waals surface area contributed by atoms with Gasteiger partial charge in [-0.2, -0.15) is 10.2 Å². The van der Waals surface area contributed by atoms with E-state index in [0.29, 0.717) is 16.7 Å². The van der Waals surface area contributed by atoms with Crippen LogP contribution in [0.15, 0.2) is 69.6 Å². The number of rotatable bonds is 10. The number of Topliss-reactive ketones (excluding diaryl/α,β-unsaturated/α-hetero) is 1. The van der Waals surface area contributed by atoms with E-state index in [9.17, 15) is 24.0 Å². The SMILES string of the molecule is C=C(C)C(=O)OCCOC(=O)c1cccc(N=NC(C(C)=O)C(=O)Nc2ccc3[nH]c(=O)[nH]c3c2)c1. The molecule has 0 aliphatic heterocycles. The molecule has 36 heavy (non-hydrogen) atoms. The highest BCUT2D eigenvalue weighted by Gasteiger charge is 2.23. The topological polar surface area (TPSA) is 172 Å². The van der Waals surface area contributed by atoms with Crippen LogP contribution in [-0.4, -0.2) is 52.9 Å². The van der Waals surface area contributed by atoms with Gasteiger partial charge in [0, 0.05) is 11.3 Å². The number of esters is 2. The fourth-order valence-electron chi connectivity index (χ4n) is 2.93. The van der Waals surface area contributed by atoms with Crippen LogP contribution in [0, 0.1) is 0 Å². The number of fused-ring (bicyclic) bond motifs is 1. The van der Waals surface area contributed by atoms with Crippen LogP contribution in [0.2, 0.25) is 0 Å². The van der Waals surface area contributed by atoms with E-state index < -0.39 is 29.7 Å². The van der Waals surface area contributed by atoms with Crippen LogP contribution in [-0.2, 0) is 23.9 Å². The monoisotopic (exact) mass is 493 g/mol. The summed E-state index contributed by atoms with van der Waals surface area (Å²) in [5.41, 5.74) is 1.60. The van der Waals surface area contributed by atoms with Gasteiger partial charge in [0.1, 0.15) is 13.2 Å². The smallest absolute Gasteiger partial charge is 0.338 e. The van der Waals surface area contributed by atoms with Gasteiger partial charge >= 0.3 is 17.6 Å². The van der Waals surface area contributed by atoms with Crippen LogP contribution < -0.4 is 11.0 Å². The zero-order valence-corrected chi connectivity index (χ0v) is 19.5. The maximum absolute atomic E-state index is 12.6. The van der Waals surface area contributed by atoms with Crippen molar-refractivity contribution in [2.24, 2.45) is 10.2 Å². The lowest BCUT2D eigenvalue weighted by Gasteiger charge is -2.09. The Bertz CT molecular complexity index is 1420. The number of nitrogens with one attached hydrogen (secondary N) is 3. The highest BCUT2D eigenvalue weighted by Crippen LogP contribution is 2.18. The molecule has 12 heteroatoms. The zero-order chi connectivity index (χ0) is 26.2. The summed E-state index contributed by atoms with van der Waals surface area (Å²) in [7, 11) is 0. The molecule has 1 unspecified atom stereocenters. The number of aromatic amines is 2. The molecule has 3 rings (SSSR count). The normalized spacial score (nSPS) is 11.7. The Kier molecular flexibility index (Phi) is 8.23. The lowest BCUT2D eigenvalue weighted by molar-refractivity contribution is -0.140. The molecule has 2 aromatic carbocycles. The second-order valence-electron chi connectivity index (χ2n) is 7.66. The number of benzene rings is 2. The minimum absolute atomic E-state index is 0.126. The number of H-pyrrole nitrogens is 2. The van der Waals surface area contributed by atoms with E-state index in [4.69, 9.17) is 9.47 Å². The van der Waals surface area contributed by atoms with Gasteiger partial charge in [0.25, 0.3) is 5.91 Å². The first-order chi connectivity index (χ1) is 17.1. The lowest BCUT2D eigenvalue weighted by Crippen LogP contribution is -2.31. The van der Waals surface area contributed by atoms with Crippen molar-refractivity contribution < 1.29 is 28.7 Å². The first-order valence-corrected chi connectivity index (χ1v) is 10.7. The molecular formula is C24H23N5O7. The Morgan fingerprint density at radius 3 is 2.44 bits per heavy atom. The highest BCUT2D eigenvalue weighted by molar-refractivity contribution is 6.10. The predicted molar refractivity (Wildman–Crippen MR) is 129 cm³/mol. The molecule has 0 radical (unpaired) electrons. The number of nitrogens with zero attached hydrogens (tertiary/aromatic N) is 2. The van der Waals surface area contributed by atoms with Crippen LogP contribution in [0.3, 0.4) is 0 Å². The summed E-state index contributed by atoms with van der Waals surface area (Å²) in [4.78, 5) is 64.8. The number of anilines is 1. The number of imidazole rings is 1. The fraction of sp³-hybridized carbons (Fsp3) is 0.208. The number of hydrogen-bond donors (Lipinski definition) is 3. The van der Waals surface area contributed by atoms with Crippen molar-refractivity contribution in [1.82, 2.24) is 9.97 Å². The predicted octanol–water partition coefficient (Wildman–Crippen LogP) is 2.81. The first kappa shape index (κ1) is 25.7. The molecular weight excluding hydrogens is 470 g/mol. The molecule has 1 aromatic heterocycles. The standard InChI is InChI=1S/C24H23N5O7/c1-13(2)22(32)35-9-10-36-23(33)15-5-4-6-17(11-15)28-29-20(14(3)30)21(31)25-16-7-8-18-19(12-16)27-24(34)26-18/h4-8,11-12,20H,1,9-10H2,2-3H3,(H,25,31)(H2,26,27,34). The Morgan fingerprint density at radius 1 is 1.00 bits per heavy atom. The van der Waals surface area contributed by atoms with Crippen molar-refractivity contribution in [2.45, 2.75) is 19.9 Å². The maximum atomic E-state index is 12.6. The molecule has 0 fully saturated rings. The molecule has 1 atom stereocenters. The fourth-order valence-corrected chi connectivity index (χ4v) is 2.93. The number of carbonyl (C=O) groups excluding carboxylic acids is 4. The number of azo groups is 1. The summed E-state index contributed by atoms with van der Waals surface area (Å²) in [6.07, 6.45) is 0. The van der Waals surface area contributed by atoms with Crippen LogP contribution >= 0.6 is 0 Å². The van der Waals surface area contributed by atoms with Crippen LogP contribution in [0.4, 0.5) is 11.4 Å². The average Bonchev–Trinajstić information content (AvgIpc) is 3.20. The summed E-state index contributed by atoms with van der Waals surface area (Å²) in [5, 5.41) is 10.3. The second-order valence-corrected chi connectivity index (χ2v) is 7.66. The minimum Gasteiger partial charge on any atom is -0.459 e. The third-order valence-corrected chi connectivity index (χ3v) is 4.69. The van der Waals surface area contributed by atoms with Gasteiger partial charge in [0.15, 0.2) is 5.78 Å². The van der Waals surface area contributed by atoms with E-state index in [0.717, 1.165) is 0 Å². The molecule has 12 nitrogen and oxygen atoms in total. The summed E-state index contributed by atoms with van der Waals surface area (Å²) in [6.45, 7) is 5.87. The van der Waals surface area contributed by atoms with Gasteiger partial charge in [0.2, 0.25) is 6.04 Å². The van der Waals surface area contributed by atoms with E-state index in [2.05, 4.69) is 32.1 Å². The molecule has 1 amide bonds. The molecule has 0 saturated carbocycles. The largest absolute Gasteiger partial charge is 0.459 e. The van der Waals surface area contributed by atoms with Gasteiger partial charge in [-0.25, -0.2) is 14.4 Å². The third kappa shape index (κ3) is 6.82. The molecule has 0 bridgehead atoms. The lowest BCUT2D eigenvalue weighted by atomic mass is 10.2. The van der Waals surface area contributed by atoms with Gasteiger partial charge in [-0.15, -0.1) is 0 Å². The van der Waals surface area contributed by atoms with E-state index >= 15 is 0 Å². The maximum Gasteiger partial charge on any atom is 0.338 e. The molecule has 1 heterocycles. The molecule has 0 aliphatic rings. The molecule has 0 aliphatic carbocycles. The number of ether oxygens (including phenoxy) is 2. The van der Waals surface area contributed by atoms with Gasteiger partial charge in [-0.05, 0) is 50.2 Å². The first-order valence-electron chi connectivity index (χ1n) is 10.7. The van der Waals surface area contributed by atoms with Gasteiger partial charge in [-0.3, -0.25) is 9.59 Å². The van der Waals surface area contributed by atoms with E-state index in [-0.39, 0.29) is 35.7 Å². The van der Waals surface area contributed by atoms with Crippen LogP contribution in [0.5, 0.6) is 0 Å². The van der Waals surface area contributed by atoms with Gasteiger partial charge in [-0.1, -0.05) is 12.6 Å². The van der Waals surface area contributed by atoms with Crippen molar-refractivity contribution in [2.75, 3.05) is 18.5 Å². The van der Waals surface area contributed by atoms with Crippen molar-refractivity contribution >= 4 is 46.0 Å². The van der Waals surface area contributed by atoms with Crippen LogP contribution in [0.25, 0.3) is 11.0 Å². The third-order valence-electron chi connectivity index (χ3n) is 4.69. The summed E-state index contributed by atoms with van der Waals surface area (Å²) in [6, 6.07) is 9.17. The van der Waals surface area contributed by atoms with Gasteiger partial charge in [0.05, 0.1) is 22.3 Å². The minimum atomic E-state index is -1.44. The zero-order valence-electron chi connectivity index (χ0n) is 19.5. The average molecular weight is 493 g/mol. The molecule has 0 saturated heterocycles. The number of hydrogen-bond acceptors (Lipinski definition) is 9. The van der Waals surface area contributed by atoms with Crippen molar-refractivity contribution in [1.29, 1.82) is 0 Å². The van der Waals surface area contributed by atoms with Gasteiger partial charge < -0.3 is 24.8 Å². The Balaban J connectivity index is 1.63. The quantitative estimate of drug-likeness (QED) is 0.128. The Hall–Kier alpha value is -4.87. The molecule has 3 aromatic rings. The number of ketones is 1. The van der Waals surface area contributed by atoms with Crippen molar-refractivity contribution in [3.63, 3.8) is 0 Å². The van der Waals surface area contributed by atoms with E-state index in [1.165, 1.54) is 44.2 Å². The van der Waals surface area contributed by atoms with Crippen molar-refractivity contribution in [3.8, 4) is 0 Å². The Labute approximate surface area is 204 Å².